The van der Waals surface area contributed by atoms with E-state index < -0.39 is 12.1 Å². The first-order valence-electron chi connectivity index (χ1n) is 3.83. The molecule has 4 heteroatoms. The molecule has 0 fully saturated rings. The Morgan fingerprint density at radius 2 is 2.38 bits per heavy atom. The van der Waals surface area contributed by atoms with Gasteiger partial charge in [0.1, 0.15) is 0 Å². The molecule has 1 atom stereocenters. The molecule has 1 N–H and O–H groups in total. The molecule has 0 saturated carbocycles. The quantitative estimate of drug-likeness (QED) is 0.678. The number of aromatic nitrogens is 1. The first kappa shape index (κ1) is 9.67. The van der Waals surface area contributed by atoms with Gasteiger partial charge in [0.25, 0.3) is 0 Å². The van der Waals surface area contributed by atoms with Crippen LogP contribution in [-0.4, -0.2) is 23.2 Å². The maximum Gasteiger partial charge on any atom is 0.341 e. The third kappa shape index (κ3) is 2.26. The Hall–Kier alpha value is -1.42. The van der Waals surface area contributed by atoms with Crippen LogP contribution in [0.25, 0.3) is 0 Å². The van der Waals surface area contributed by atoms with Gasteiger partial charge in [-0.3, -0.25) is 4.98 Å². The number of hydrogen-bond donors (Lipinski definition) is 1. The van der Waals surface area contributed by atoms with Gasteiger partial charge in [0.2, 0.25) is 0 Å². The van der Waals surface area contributed by atoms with Crippen molar-refractivity contribution in [2.75, 3.05) is 7.11 Å². The van der Waals surface area contributed by atoms with Gasteiger partial charge in [0.15, 0.2) is 6.10 Å². The Balaban J connectivity index is 2.88. The van der Waals surface area contributed by atoms with Crippen LogP contribution in [0, 0.1) is 6.92 Å². The Bertz CT molecular complexity index is 311. The number of nitrogens with zero attached hydrogens (tertiary/aromatic N) is 1. The van der Waals surface area contributed by atoms with E-state index in [1.165, 1.54) is 13.3 Å². The Kier molecular flexibility index (Phi) is 2.97. The average molecular weight is 181 g/mol. The second-order valence-corrected chi connectivity index (χ2v) is 2.68. The third-order valence-corrected chi connectivity index (χ3v) is 1.64. The van der Waals surface area contributed by atoms with Crippen LogP contribution in [0.3, 0.4) is 0 Å². The molecule has 13 heavy (non-hydrogen) atoms. The van der Waals surface area contributed by atoms with Gasteiger partial charge in [-0.1, -0.05) is 0 Å². The van der Waals surface area contributed by atoms with Gasteiger partial charge in [0, 0.05) is 6.20 Å². The molecule has 0 saturated heterocycles. The van der Waals surface area contributed by atoms with E-state index in [1.807, 2.05) is 6.92 Å². The average Bonchev–Trinajstić information content (AvgIpc) is 2.15. The molecule has 0 aliphatic rings. The van der Waals surface area contributed by atoms with Crippen molar-refractivity contribution in [3.8, 4) is 0 Å². The normalized spacial score (nSPS) is 12.2. The maximum absolute atomic E-state index is 10.9. The summed E-state index contributed by atoms with van der Waals surface area (Å²) in [5, 5.41) is 9.38. The van der Waals surface area contributed by atoms with E-state index in [2.05, 4.69) is 9.72 Å². The molecule has 1 aromatic heterocycles. The fraction of sp³-hybridized carbons (Fsp3) is 0.333. The summed E-state index contributed by atoms with van der Waals surface area (Å²) < 4.78 is 4.38. The second kappa shape index (κ2) is 4.00. The summed E-state index contributed by atoms with van der Waals surface area (Å²) in [7, 11) is 1.22. The lowest BCUT2D eigenvalue weighted by Crippen LogP contribution is -2.14. The highest BCUT2D eigenvalue weighted by Gasteiger charge is 2.18. The van der Waals surface area contributed by atoms with Crippen molar-refractivity contribution in [2.24, 2.45) is 0 Å². The summed E-state index contributed by atoms with van der Waals surface area (Å²) in [4.78, 5) is 14.8. The Labute approximate surface area is 76.2 Å². The maximum atomic E-state index is 10.9. The van der Waals surface area contributed by atoms with Gasteiger partial charge in [-0.15, -0.1) is 0 Å². The fourth-order valence-electron chi connectivity index (χ4n) is 0.941. The summed E-state index contributed by atoms with van der Waals surface area (Å²) in [6.45, 7) is 1.86. The van der Waals surface area contributed by atoms with Gasteiger partial charge >= 0.3 is 5.97 Å². The molecule has 0 amide bonds. The molecule has 0 aliphatic heterocycles. The summed E-state index contributed by atoms with van der Waals surface area (Å²) in [6.07, 6.45) is 0.251. The van der Waals surface area contributed by atoms with Gasteiger partial charge in [0.05, 0.1) is 12.8 Å². The van der Waals surface area contributed by atoms with Crippen LogP contribution >= 0.6 is 0 Å². The van der Waals surface area contributed by atoms with Crippen molar-refractivity contribution < 1.29 is 14.6 Å². The number of aliphatic hydroxyl groups excluding tert-OH is 1. The van der Waals surface area contributed by atoms with E-state index in [0.29, 0.717) is 5.69 Å². The predicted octanol–water partition coefficient (Wildman–Crippen LogP) is 0.596. The van der Waals surface area contributed by atoms with Crippen LogP contribution < -0.4 is 0 Å². The molecule has 0 aliphatic carbocycles. The molecule has 0 bridgehead atoms. The minimum Gasteiger partial charge on any atom is -0.467 e. The largest absolute Gasteiger partial charge is 0.467 e. The molecule has 1 aromatic rings. The van der Waals surface area contributed by atoms with Crippen molar-refractivity contribution in [2.45, 2.75) is 13.0 Å². The number of ether oxygens (including phenoxy) is 1. The van der Waals surface area contributed by atoms with E-state index in [1.54, 1.807) is 12.1 Å². The summed E-state index contributed by atoms with van der Waals surface area (Å²) >= 11 is 0. The first-order chi connectivity index (χ1) is 6.15. The molecule has 0 spiro atoms. The van der Waals surface area contributed by atoms with Crippen LogP contribution in [0.5, 0.6) is 0 Å². The van der Waals surface area contributed by atoms with Crippen LogP contribution in [0.4, 0.5) is 0 Å². The fourth-order valence-corrected chi connectivity index (χ4v) is 0.941. The van der Waals surface area contributed by atoms with Crippen molar-refractivity contribution in [1.82, 2.24) is 4.98 Å². The number of hydrogen-bond acceptors (Lipinski definition) is 4. The molecule has 1 heterocycles. The lowest BCUT2D eigenvalue weighted by molar-refractivity contribution is -0.150. The number of esters is 1. The third-order valence-electron chi connectivity index (χ3n) is 1.64. The van der Waals surface area contributed by atoms with Crippen molar-refractivity contribution in [3.63, 3.8) is 0 Å². The van der Waals surface area contributed by atoms with E-state index in [-0.39, 0.29) is 0 Å². The molecular weight excluding hydrogens is 170 g/mol. The van der Waals surface area contributed by atoms with Crippen LogP contribution in [0.2, 0.25) is 0 Å². The number of pyridine rings is 1. The van der Waals surface area contributed by atoms with Gasteiger partial charge in [-0.25, -0.2) is 4.79 Å². The summed E-state index contributed by atoms with van der Waals surface area (Å²) in [6, 6.07) is 3.43. The minimum absolute atomic E-state index is 0.312. The molecule has 1 rings (SSSR count). The molecular formula is C9H11NO3. The van der Waals surface area contributed by atoms with Gasteiger partial charge in [-0.05, 0) is 24.6 Å². The molecule has 4 nitrogen and oxygen atoms in total. The monoisotopic (exact) mass is 181 g/mol. The summed E-state index contributed by atoms with van der Waals surface area (Å²) in [5.74, 6) is -0.696. The van der Waals surface area contributed by atoms with Crippen LogP contribution in [0.15, 0.2) is 18.3 Å². The zero-order valence-corrected chi connectivity index (χ0v) is 7.52. The number of carbonyl (C=O) groups excluding carboxylic acids is 1. The summed E-state index contributed by atoms with van der Waals surface area (Å²) in [5.41, 5.74) is 1.25. The van der Waals surface area contributed by atoms with Crippen molar-refractivity contribution >= 4 is 5.97 Å². The van der Waals surface area contributed by atoms with Gasteiger partial charge < -0.3 is 9.84 Å². The molecule has 1 unspecified atom stereocenters. The number of rotatable bonds is 2. The standard InChI is InChI=1S/C9H11NO3/c1-6-3-4-10-7(5-6)8(11)9(12)13-2/h3-5,8,11H,1-2H3. The van der Waals surface area contributed by atoms with E-state index >= 15 is 0 Å². The second-order valence-electron chi connectivity index (χ2n) is 2.68. The van der Waals surface area contributed by atoms with Crippen LogP contribution in [-0.2, 0) is 9.53 Å². The number of methoxy groups -OCH3 is 1. The SMILES string of the molecule is COC(=O)C(O)c1cc(C)ccn1. The number of aliphatic hydroxyl groups is 1. The molecule has 70 valence electrons. The molecule has 0 aromatic carbocycles. The lowest BCUT2D eigenvalue weighted by Gasteiger charge is -2.07. The topological polar surface area (TPSA) is 59.4 Å². The van der Waals surface area contributed by atoms with E-state index in [4.69, 9.17) is 0 Å². The smallest absolute Gasteiger partial charge is 0.341 e. The highest BCUT2D eigenvalue weighted by Crippen LogP contribution is 2.12. The predicted molar refractivity (Wildman–Crippen MR) is 45.9 cm³/mol. The number of carbonyl (C=O) groups is 1. The number of aryl methyl sites for hydroxylation is 1. The van der Waals surface area contributed by atoms with Crippen molar-refractivity contribution in [3.05, 3.63) is 29.6 Å². The van der Waals surface area contributed by atoms with Gasteiger partial charge in [-0.2, -0.15) is 0 Å². The van der Waals surface area contributed by atoms with E-state index in [9.17, 15) is 9.90 Å². The van der Waals surface area contributed by atoms with Crippen molar-refractivity contribution in [1.29, 1.82) is 0 Å². The minimum atomic E-state index is -1.29. The Morgan fingerprint density at radius 1 is 1.69 bits per heavy atom. The zero-order chi connectivity index (χ0) is 9.84. The van der Waals surface area contributed by atoms with E-state index in [0.717, 1.165) is 5.56 Å². The first-order valence-corrected chi connectivity index (χ1v) is 3.83. The highest BCUT2D eigenvalue weighted by molar-refractivity contribution is 5.75. The Morgan fingerprint density at radius 3 is 2.92 bits per heavy atom. The zero-order valence-electron chi connectivity index (χ0n) is 7.52. The molecule has 0 radical (unpaired) electrons. The lowest BCUT2D eigenvalue weighted by atomic mass is 10.2. The van der Waals surface area contributed by atoms with Crippen LogP contribution in [0.1, 0.15) is 17.4 Å². The highest BCUT2D eigenvalue weighted by atomic mass is 16.5.